The Bertz CT molecular complexity index is 1130. The fraction of sp³-hybridized carbons (Fsp3) is 0.0952. The molecule has 28 heavy (non-hydrogen) atoms. The summed E-state index contributed by atoms with van der Waals surface area (Å²) in [5, 5.41) is 10.7. The van der Waals surface area contributed by atoms with Crippen molar-refractivity contribution in [2.45, 2.75) is 13.8 Å². The Hall–Kier alpha value is -2.96. The van der Waals surface area contributed by atoms with Crippen molar-refractivity contribution in [3.63, 3.8) is 0 Å². The summed E-state index contributed by atoms with van der Waals surface area (Å²) in [5.41, 5.74) is 4.30. The normalized spacial score (nSPS) is 10.8. The van der Waals surface area contributed by atoms with E-state index in [2.05, 4.69) is 15.4 Å². The standard InChI is InChI=1S/C21H17ClN4OS/c1-13-3-5-16(6-4-13)20(27)24-19-11-14(2)25-26(19)21-23-18(12-28-21)15-7-9-17(22)10-8-15/h3-12H,1-2H3,(H,24,27). The van der Waals surface area contributed by atoms with Crippen LogP contribution in [0.25, 0.3) is 16.4 Å². The predicted octanol–water partition coefficient (Wildman–Crippen LogP) is 5.52. The number of aromatic nitrogens is 3. The van der Waals surface area contributed by atoms with Crippen LogP contribution in [0.5, 0.6) is 0 Å². The Kier molecular flexibility index (Phi) is 4.98. The highest BCUT2D eigenvalue weighted by atomic mass is 35.5. The van der Waals surface area contributed by atoms with Gasteiger partial charge in [-0.1, -0.05) is 41.4 Å². The number of carbonyl (C=O) groups is 1. The van der Waals surface area contributed by atoms with Gasteiger partial charge in [-0.05, 0) is 38.1 Å². The number of hydrogen-bond donors (Lipinski definition) is 1. The third-order valence-electron chi connectivity index (χ3n) is 4.20. The molecule has 2 heterocycles. The van der Waals surface area contributed by atoms with E-state index in [4.69, 9.17) is 11.6 Å². The minimum Gasteiger partial charge on any atom is -0.306 e. The molecule has 7 heteroatoms. The van der Waals surface area contributed by atoms with E-state index < -0.39 is 0 Å². The second kappa shape index (κ2) is 7.58. The number of amides is 1. The molecule has 1 N–H and O–H groups in total. The molecule has 0 fully saturated rings. The first-order chi connectivity index (χ1) is 13.5. The lowest BCUT2D eigenvalue weighted by Crippen LogP contribution is -2.15. The molecule has 0 atom stereocenters. The summed E-state index contributed by atoms with van der Waals surface area (Å²) in [5.74, 6) is 0.399. The van der Waals surface area contributed by atoms with Crippen LogP contribution in [0.3, 0.4) is 0 Å². The highest BCUT2D eigenvalue weighted by Crippen LogP contribution is 2.27. The van der Waals surface area contributed by atoms with Crippen molar-refractivity contribution in [3.8, 4) is 16.4 Å². The number of anilines is 1. The molecule has 1 amide bonds. The van der Waals surface area contributed by atoms with Crippen molar-refractivity contribution in [2.24, 2.45) is 0 Å². The largest absolute Gasteiger partial charge is 0.306 e. The van der Waals surface area contributed by atoms with Crippen molar-refractivity contribution >= 4 is 34.7 Å². The monoisotopic (exact) mass is 408 g/mol. The van der Waals surface area contributed by atoms with Crippen LogP contribution in [-0.2, 0) is 0 Å². The van der Waals surface area contributed by atoms with Crippen molar-refractivity contribution in [2.75, 3.05) is 5.32 Å². The van der Waals surface area contributed by atoms with Crippen molar-refractivity contribution < 1.29 is 4.79 Å². The predicted molar refractivity (Wildman–Crippen MR) is 114 cm³/mol. The Labute approximate surface area is 171 Å². The first-order valence-corrected chi connectivity index (χ1v) is 9.92. The zero-order valence-electron chi connectivity index (χ0n) is 15.3. The third-order valence-corrected chi connectivity index (χ3v) is 5.27. The minimum atomic E-state index is -0.185. The van der Waals surface area contributed by atoms with Gasteiger partial charge in [-0.2, -0.15) is 9.78 Å². The van der Waals surface area contributed by atoms with Gasteiger partial charge < -0.3 is 5.32 Å². The average Bonchev–Trinajstić information content (AvgIpc) is 3.29. The minimum absolute atomic E-state index is 0.185. The molecule has 5 nitrogen and oxygen atoms in total. The van der Waals surface area contributed by atoms with Crippen molar-refractivity contribution in [1.29, 1.82) is 0 Å². The first kappa shape index (κ1) is 18.4. The fourth-order valence-electron chi connectivity index (χ4n) is 2.74. The van der Waals surface area contributed by atoms with Gasteiger partial charge in [0.25, 0.3) is 5.91 Å². The van der Waals surface area contributed by atoms with E-state index in [0.717, 1.165) is 22.5 Å². The first-order valence-electron chi connectivity index (χ1n) is 8.66. The van der Waals surface area contributed by atoms with Crippen LogP contribution >= 0.6 is 22.9 Å². The molecule has 0 spiro atoms. The van der Waals surface area contributed by atoms with E-state index >= 15 is 0 Å². The summed E-state index contributed by atoms with van der Waals surface area (Å²) in [7, 11) is 0. The molecule has 0 saturated heterocycles. The third kappa shape index (κ3) is 3.83. The SMILES string of the molecule is Cc1ccc(C(=O)Nc2cc(C)nn2-c2nc(-c3ccc(Cl)cc3)cs2)cc1. The van der Waals surface area contributed by atoms with Crippen LogP contribution in [0.4, 0.5) is 5.82 Å². The van der Waals surface area contributed by atoms with Crippen LogP contribution in [0.15, 0.2) is 60.0 Å². The summed E-state index contributed by atoms with van der Waals surface area (Å²) in [6.07, 6.45) is 0. The molecule has 0 bridgehead atoms. The number of aryl methyl sites for hydroxylation is 2. The molecule has 4 rings (SSSR count). The van der Waals surface area contributed by atoms with Gasteiger partial charge in [0.2, 0.25) is 5.13 Å². The molecule has 2 aromatic carbocycles. The van der Waals surface area contributed by atoms with Gasteiger partial charge in [0.15, 0.2) is 0 Å². The number of thiazole rings is 1. The number of rotatable bonds is 4. The summed E-state index contributed by atoms with van der Waals surface area (Å²) in [4.78, 5) is 17.3. The number of carbonyl (C=O) groups excluding carboxylic acids is 1. The zero-order chi connectivity index (χ0) is 19.7. The molecule has 4 aromatic rings. The molecule has 0 radical (unpaired) electrons. The highest BCUT2D eigenvalue weighted by Gasteiger charge is 2.15. The Morgan fingerprint density at radius 3 is 2.50 bits per heavy atom. The Morgan fingerprint density at radius 2 is 1.79 bits per heavy atom. The van der Waals surface area contributed by atoms with Crippen LogP contribution in [0.1, 0.15) is 21.6 Å². The van der Waals surface area contributed by atoms with Gasteiger partial charge in [0.1, 0.15) is 5.82 Å². The zero-order valence-corrected chi connectivity index (χ0v) is 16.9. The van der Waals surface area contributed by atoms with E-state index in [9.17, 15) is 4.79 Å². The number of halogens is 1. The molecule has 140 valence electrons. The summed E-state index contributed by atoms with van der Waals surface area (Å²) in [6.45, 7) is 3.87. The quantitative estimate of drug-likeness (QED) is 0.483. The van der Waals surface area contributed by atoms with Crippen molar-refractivity contribution in [3.05, 3.63) is 81.8 Å². The van der Waals surface area contributed by atoms with Gasteiger partial charge in [0.05, 0.1) is 11.4 Å². The fourth-order valence-corrected chi connectivity index (χ4v) is 3.66. The molecule has 0 saturated carbocycles. The number of benzene rings is 2. The number of nitrogens with zero attached hydrogens (tertiary/aromatic N) is 3. The Balaban J connectivity index is 1.62. The Morgan fingerprint density at radius 1 is 1.07 bits per heavy atom. The van der Waals surface area contributed by atoms with Gasteiger partial charge in [0, 0.05) is 27.6 Å². The lowest BCUT2D eigenvalue weighted by Gasteiger charge is -2.07. The highest BCUT2D eigenvalue weighted by molar-refractivity contribution is 7.12. The second-order valence-electron chi connectivity index (χ2n) is 6.43. The lowest BCUT2D eigenvalue weighted by atomic mass is 10.1. The van der Waals surface area contributed by atoms with E-state index in [1.807, 2.05) is 61.7 Å². The molecule has 0 aliphatic rings. The van der Waals surface area contributed by atoms with Gasteiger partial charge >= 0.3 is 0 Å². The van der Waals surface area contributed by atoms with Crippen LogP contribution in [0.2, 0.25) is 5.02 Å². The lowest BCUT2D eigenvalue weighted by molar-refractivity contribution is 0.102. The van der Waals surface area contributed by atoms with Crippen LogP contribution < -0.4 is 5.32 Å². The second-order valence-corrected chi connectivity index (χ2v) is 7.70. The molecule has 0 aliphatic carbocycles. The average molecular weight is 409 g/mol. The summed E-state index contributed by atoms with van der Waals surface area (Å²) < 4.78 is 1.66. The molecule has 2 aromatic heterocycles. The smallest absolute Gasteiger partial charge is 0.256 e. The molecular weight excluding hydrogens is 392 g/mol. The summed E-state index contributed by atoms with van der Waals surface area (Å²) in [6, 6.07) is 16.8. The molecule has 0 unspecified atom stereocenters. The van der Waals surface area contributed by atoms with E-state index in [0.29, 0.717) is 21.5 Å². The maximum Gasteiger partial charge on any atom is 0.256 e. The number of nitrogens with one attached hydrogen (secondary N) is 1. The molecular formula is C21H17ClN4OS. The van der Waals surface area contributed by atoms with Crippen molar-refractivity contribution in [1.82, 2.24) is 14.8 Å². The van der Waals surface area contributed by atoms with E-state index in [1.54, 1.807) is 16.8 Å². The maximum absolute atomic E-state index is 12.6. The topological polar surface area (TPSA) is 59.8 Å². The van der Waals surface area contributed by atoms with Crippen LogP contribution in [-0.4, -0.2) is 20.7 Å². The van der Waals surface area contributed by atoms with Gasteiger partial charge in [-0.15, -0.1) is 11.3 Å². The van der Waals surface area contributed by atoms with E-state index in [1.165, 1.54) is 11.3 Å². The maximum atomic E-state index is 12.6. The van der Waals surface area contributed by atoms with Gasteiger partial charge in [-0.25, -0.2) is 4.98 Å². The van der Waals surface area contributed by atoms with Gasteiger partial charge in [-0.3, -0.25) is 4.79 Å². The van der Waals surface area contributed by atoms with Crippen LogP contribution in [0, 0.1) is 13.8 Å². The van der Waals surface area contributed by atoms with E-state index in [-0.39, 0.29) is 5.91 Å². The molecule has 0 aliphatic heterocycles. The summed E-state index contributed by atoms with van der Waals surface area (Å²) >= 11 is 7.42. The number of hydrogen-bond acceptors (Lipinski definition) is 4.